The van der Waals surface area contributed by atoms with Crippen LogP contribution in [0.2, 0.25) is 0 Å². The minimum atomic E-state index is 0.300. The molecule has 0 aliphatic rings. The van der Waals surface area contributed by atoms with E-state index >= 15 is 0 Å². The quantitative estimate of drug-likeness (QED) is 0.827. The van der Waals surface area contributed by atoms with E-state index in [1.807, 2.05) is 31.2 Å². The minimum Gasteiger partial charge on any atom is -0.477 e. The molecule has 2 N–H and O–H groups in total. The van der Waals surface area contributed by atoms with Gasteiger partial charge in [-0.2, -0.15) is 4.98 Å². The Hall–Kier alpha value is -2.30. The number of rotatable bonds is 6. The van der Waals surface area contributed by atoms with Gasteiger partial charge in [0.2, 0.25) is 5.88 Å². The Morgan fingerprint density at radius 1 is 1.19 bits per heavy atom. The number of hydrogen-bond acceptors (Lipinski definition) is 5. The molecule has 0 saturated heterocycles. The maximum atomic E-state index is 5.73. The molecule has 0 atom stereocenters. The van der Waals surface area contributed by atoms with Crippen molar-refractivity contribution < 1.29 is 4.74 Å². The lowest BCUT2D eigenvalue weighted by atomic mass is 10.1. The summed E-state index contributed by atoms with van der Waals surface area (Å²) in [6, 6.07) is 8.19. The zero-order chi connectivity index (χ0) is 15.2. The highest BCUT2D eigenvalue weighted by Gasteiger charge is 2.14. The molecule has 0 aliphatic heterocycles. The molecule has 2 rings (SSSR count). The second kappa shape index (κ2) is 6.92. The maximum Gasteiger partial charge on any atom is 0.234 e. The minimum absolute atomic E-state index is 0.300. The summed E-state index contributed by atoms with van der Waals surface area (Å²) in [5, 5.41) is 0. The first-order valence-corrected chi connectivity index (χ1v) is 7.16. The Morgan fingerprint density at radius 3 is 2.52 bits per heavy atom. The van der Waals surface area contributed by atoms with Crippen LogP contribution in [0.3, 0.4) is 0 Å². The Bertz CT molecular complexity index is 569. The topological polar surface area (TPSA) is 64.3 Å². The largest absolute Gasteiger partial charge is 0.477 e. The van der Waals surface area contributed by atoms with Gasteiger partial charge in [-0.1, -0.05) is 12.1 Å². The SMILES string of the molecule is CCOc1cncc(N(Cc2ccc(N)cc2)C(C)C)n1. The van der Waals surface area contributed by atoms with Crippen LogP contribution in [-0.2, 0) is 6.54 Å². The van der Waals surface area contributed by atoms with E-state index in [-0.39, 0.29) is 0 Å². The van der Waals surface area contributed by atoms with E-state index in [4.69, 9.17) is 10.5 Å². The molecule has 0 radical (unpaired) electrons. The van der Waals surface area contributed by atoms with E-state index in [2.05, 4.69) is 28.7 Å². The van der Waals surface area contributed by atoms with E-state index < -0.39 is 0 Å². The molecule has 0 aliphatic carbocycles. The highest BCUT2D eigenvalue weighted by Crippen LogP contribution is 2.20. The van der Waals surface area contributed by atoms with Crippen molar-refractivity contribution in [3.63, 3.8) is 0 Å². The summed E-state index contributed by atoms with van der Waals surface area (Å²) >= 11 is 0. The van der Waals surface area contributed by atoms with Crippen LogP contribution in [0.4, 0.5) is 11.5 Å². The highest BCUT2D eigenvalue weighted by molar-refractivity contribution is 5.43. The fourth-order valence-electron chi connectivity index (χ4n) is 2.04. The van der Waals surface area contributed by atoms with Gasteiger partial charge in [-0.3, -0.25) is 4.98 Å². The Labute approximate surface area is 125 Å². The summed E-state index contributed by atoms with van der Waals surface area (Å²) < 4.78 is 5.43. The van der Waals surface area contributed by atoms with Crippen LogP contribution in [0, 0.1) is 0 Å². The monoisotopic (exact) mass is 286 g/mol. The first kappa shape index (κ1) is 15.1. The average molecular weight is 286 g/mol. The van der Waals surface area contributed by atoms with Crippen molar-refractivity contribution >= 4 is 11.5 Å². The van der Waals surface area contributed by atoms with E-state index in [1.54, 1.807) is 12.4 Å². The number of hydrogen-bond donors (Lipinski definition) is 1. The van der Waals surface area contributed by atoms with Crippen molar-refractivity contribution in [2.45, 2.75) is 33.4 Å². The summed E-state index contributed by atoms with van der Waals surface area (Å²) in [5.41, 5.74) is 7.68. The third-order valence-corrected chi connectivity index (χ3v) is 3.14. The van der Waals surface area contributed by atoms with E-state index in [1.165, 1.54) is 5.56 Å². The number of benzene rings is 1. The predicted octanol–water partition coefficient (Wildman–Crippen LogP) is 2.87. The summed E-state index contributed by atoms with van der Waals surface area (Å²) in [6.07, 6.45) is 3.40. The third kappa shape index (κ3) is 4.08. The molecular weight excluding hydrogens is 264 g/mol. The summed E-state index contributed by atoms with van der Waals surface area (Å²) in [6.45, 7) is 7.53. The molecular formula is C16H22N4O. The molecule has 21 heavy (non-hydrogen) atoms. The van der Waals surface area contributed by atoms with E-state index in [9.17, 15) is 0 Å². The predicted molar refractivity (Wildman–Crippen MR) is 85.4 cm³/mol. The second-order valence-corrected chi connectivity index (χ2v) is 5.11. The van der Waals surface area contributed by atoms with Crippen LogP contribution in [0.5, 0.6) is 5.88 Å². The molecule has 0 saturated carbocycles. The number of ether oxygens (including phenoxy) is 1. The van der Waals surface area contributed by atoms with Gasteiger partial charge in [0.1, 0.15) is 0 Å². The first-order valence-electron chi connectivity index (χ1n) is 7.16. The van der Waals surface area contributed by atoms with E-state index in [0.29, 0.717) is 18.5 Å². The summed E-state index contributed by atoms with van der Waals surface area (Å²) in [7, 11) is 0. The van der Waals surface area contributed by atoms with Crippen molar-refractivity contribution in [1.82, 2.24) is 9.97 Å². The molecule has 1 heterocycles. The van der Waals surface area contributed by atoms with Crippen molar-refractivity contribution in [2.24, 2.45) is 0 Å². The highest BCUT2D eigenvalue weighted by atomic mass is 16.5. The molecule has 0 spiro atoms. The van der Waals surface area contributed by atoms with Gasteiger partial charge in [0.05, 0.1) is 19.0 Å². The van der Waals surface area contributed by atoms with Crippen LogP contribution >= 0.6 is 0 Å². The number of aromatic nitrogens is 2. The van der Waals surface area contributed by atoms with Crippen LogP contribution < -0.4 is 15.4 Å². The van der Waals surface area contributed by atoms with Crippen molar-refractivity contribution in [3.05, 3.63) is 42.2 Å². The third-order valence-electron chi connectivity index (χ3n) is 3.14. The Morgan fingerprint density at radius 2 is 1.90 bits per heavy atom. The molecule has 5 nitrogen and oxygen atoms in total. The van der Waals surface area contributed by atoms with Gasteiger partial charge >= 0.3 is 0 Å². The standard InChI is InChI=1S/C16H22N4O/c1-4-21-16-10-18-9-15(19-16)20(12(2)3)11-13-5-7-14(17)8-6-13/h5-10,12H,4,11,17H2,1-3H3. The van der Waals surface area contributed by atoms with Gasteiger partial charge in [0.25, 0.3) is 0 Å². The number of nitrogens with zero attached hydrogens (tertiary/aromatic N) is 3. The second-order valence-electron chi connectivity index (χ2n) is 5.11. The van der Waals surface area contributed by atoms with Crippen LogP contribution in [-0.4, -0.2) is 22.6 Å². The van der Waals surface area contributed by atoms with Crippen LogP contribution in [0.1, 0.15) is 26.3 Å². The molecule has 2 aromatic rings. The van der Waals surface area contributed by atoms with Gasteiger partial charge in [-0.05, 0) is 38.5 Å². The number of nitrogens with two attached hydrogens (primary N) is 1. The zero-order valence-corrected chi connectivity index (χ0v) is 12.8. The van der Waals surface area contributed by atoms with Crippen LogP contribution in [0.25, 0.3) is 0 Å². The smallest absolute Gasteiger partial charge is 0.234 e. The fraction of sp³-hybridized carbons (Fsp3) is 0.375. The molecule has 0 fully saturated rings. The van der Waals surface area contributed by atoms with Gasteiger partial charge in [-0.25, -0.2) is 0 Å². The molecule has 1 aromatic carbocycles. The van der Waals surface area contributed by atoms with Crippen LogP contribution in [0.15, 0.2) is 36.7 Å². The maximum absolute atomic E-state index is 5.73. The van der Waals surface area contributed by atoms with Crippen molar-refractivity contribution in [1.29, 1.82) is 0 Å². The molecule has 1 aromatic heterocycles. The fourth-order valence-corrected chi connectivity index (χ4v) is 2.04. The molecule has 5 heteroatoms. The Kier molecular flexibility index (Phi) is 4.98. The lowest BCUT2D eigenvalue weighted by Crippen LogP contribution is -2.31. The summed E-state index contributed by atoms with van der Waals surface area (Å²) in [5.74, 6) is 1.37. The number of anilines is 2. The normalized spacial score (nSPS) is 10.7. The molecule has 0 amide bonds. The number of nitrogen functional groups attached to an aromatic ring is 1. The first-order chi connectivity index (χ1) is 10.1. The van der Waals surface area contributed by atoms with Crippen molar-refractivity contribution in [3.8, 4) is 5.88 Å². The average Bonchev–Trinajstić information content (AvgIpc) is 2.47. The van der Waals surface area contributed by atoms with Gasteiger partial charge < -0.3 is 15.4 Å². The molecule has 0 unspecified atom stereocenters. The summed E-state index contributed by atoms with van der Waals surface area (Å²) in [4.78, 5) is 10.9. The zero-order valence-electron chi connectivity index (χ0n) is 12.8. The van der Waals surface area contributed by atoms with Gasteiger partial charge in [-0.15, -0.1) is 0 Å². The lowest BCUT2D eigenvalue weighted by Gasteiger charge is -2.28. The Balaban J connectivity index is 2.22. The lowest BCUT2D eigenvalue weighted by molar-refractivity contribution is 0.325. The van der Waals surface area contributed by atoms with Gasteiger partial charge in [0, 0.05) is 18.3 Å². The van der Waals surface area contributed by atoms with E-state index in [0.717, 1.165) is 18.1 Å². The van der Waals surface area contributed by atoms with Crippen molar-refractivity contribution in [2.75, 3.05) is 17.2 Å². The molecule has 112 valence electrons. The van der Waals surface area contributed by atoms with Gasteiger partial charge in [0.15, 0.2) is 5.82 Å². The molecule has 0 bridgehead atoms.